The largest absolute Gasteiger partial charge is 0.497 e. The number of nitrogens with one attached hydrogen (secondary N) is 3. The normalized spacial score (nSPS) is 13.7. The van der Waals surface area contributed by atoms with Crippen LogP contribution in [-0.4, -0.2) is 35.2 Å². The number of benzene rings is 2. The minimum atomic E-state index is 0.398. The first-order valence-corrected chi connectivity index (χ1v) is 10.1. The lowest BCUT2D eigenvalue weighted by Crippen LogP contribution is -2.18. The van der Waals surface area contributed by atoms with E-state index in [2.05, 4.69) is 30.9 Å². The SMILES string of the molecule is COc1ccc(Nc2nc(Nc3ccc(OC)cc3)nc(NC3CCCC3)n2)cc1. The molecule has 0 atom stereocenters. The maximum Gasteiger partial charge on any atom is 0.233 e. The van der Waals surface area contributed by atoms with Crippen LogP contribution in [0, 0.1) is 0 Å². The zero-order chi connectivity index (χ0) is 20.8. The van der Waals surface area contributed by atoms with Crippen LogP contribution in [-0.2, 0) is 0 Å². The Kier molecular flexibility index (Phi) is 6.12. The molecular formula is C22H26N6O2. The molecule has 0 bridgehead atoms. The molecule has 3 aromatic rings. The van der Waals surface area contributed by atoms with Crippen LogP contribution in [0.4, 0.5) is 29.2 Å². The fourth-order valence-corrected chi connectivity index (χ4v) is 3.41. The van der Waals surface area contributed by atoms with Gasteiger partial charge < -0.3 is 25.4 Å². The Labute approximate surface area is 176 Å². The van der Waals surface area contributed by atoms with Crippen LogP contribution < -0.4 is 25.4 Å². The molecule has 8 nitrogen and oxygen atoms in total. The topological polar surface area (TPSA) is 93.2 Å². The molecule has 1 saturated carbocycles. The number of aromatic nitrogens is 3. The third-order valence-electron chi connectivity index (χ3n) is 5.02. The lowest BCUT2D eigenvalue weighted by atomic mass is 10.2. The van der Waals surface area contributed by atoms with Gasteiger partial charge in [-0.05, 0) is 61.4 Å². The van der Waals surface area contributed by atoms with Crippen LogP contribution in [0.1, 0.15) is 25.7 Å². The molecule has 8 heteroatoms. The third-order valence-corrected chi connectivity index (χ3v) is 5.02. The second kappa shape index (κ2) is 9.30. The van der Waals surface area contributed by atoms with Gasteiger partial charge in [0.05, 0.1) is 14.2 Å². The van der Waals surface area contributed by atoms with Gasteiger partial charge in [0.1, 0.15) is 11.5 Å². The predicted octanol–water partition coefficient (Wildman–Crippen LogP) is 4.73. The molecule has 0 radical (unpaired) electrons. The summed E-state index contributed by atoms with van der Waals surface area (Å²) in [4.78, 5) is 13.7. The fraction of sp³-hybridized carbons (Fsp3) is 0.318. The average molecular weight is 406 g/mol. The van der Waals surface area contributed by atoms with E-state index >= 15 is 0 Å². The van der Waals surface area contributed by atoms with Crippen molar-refractivity contribution < 1.29 is 9.47 Å². The summed E-state index contributed by atoms with van der Waals surface area (Å²) < 4.78 is 10.4. The highest BCUT2D eigenvalue weighted by atomic mass is 16.5. The molecule has 1 fully saturated rings. The molecule has 1 aliphatic carbocycles. The van der Waals surface area contributed by atoms with Gasteiger partial charge in [-0.25, -0.2) is 0 Å². The molecular weight excluding hydrogens is 380 g/mol. The van der Waals surface area contributed by atoms with Crippen molar-refractivity contribution in [3.8, 4) is 11.5 Å². The van der Waals surface area contributed by atoms with E-state index in [-0.39, 0.29) is 0 Å². The van der Waals surface area contributed by atoms with E-state index in [0.717, 1.165) is 35.7 Å². The molecule has 1 heterocycles. The zero-order valence-electron chi connectivity index (χ0n) is 17.2. The molecule has 0 unspecified atom stereocenters. The number of ether oxygens (including phenoxy) is 2. The summed E-state index contributed by atoms with van der Waals surface area (Å²) in [5.74, 6) is 3.07. The standard InChI is InChI=1S/C22H26N6O2/c1-29-18-11-7-16(8-12-18)24-21-26-20(23-15-5-3-4-6-15)27-22(28-21)25-17-9-13-19(30-2)14-10-17/h7-15H,3-6H2,1-2H3,(H3,23,24,25,26,27,28). The Hall–Kier alpha value is -3.55. The van der Waals surface area contributed by atoms with Gasteiger partial charge in [-0.15, -0.1) is 0 Å². The van der Waals surface area contributed by atoms with Gasteiger partial charge >= 0.3 is 0 Å². The van der Waals surface area contributed by atoms with E-state index in [1.807, 2.05) is 48.5 Å². The first-order chi connectivity index (χ1) is 14.7. The van der Waals surface area contributed by atoms with E-state index in [0.29, 0.717) is 23.9 Å². The Morgan fingerprint density at radius 3 is 1.53 bits per heavy atom. The maximum atomic E-state index is 5.22. The zero-order valence-corrected chi connectivity index (χ0v) is 17.2. The Bertz CT molecular complexity index is 889. The van der Waals surface area contributed by atoms with E-state index in [4.69, 9.17) is 9.47 Å². The lowest BCUT2D eigenvalue weighted by Gasteiger charge is -2.15. The number of hydrogen-bond acceptors (Lipinski definition) is 8. The summed E-state index contributed by atoms with van der Waals surface area (Å²) in [5.41, 5.74) is 1.73. The smallest absolute Gasteiger partial charge is 0.233 e. The maximum absolute atomic E-state index is 5.22. The van der Waals surface area contributed by atoms with Crippen molar-refractivity contribution in [3.63, 3.8) is 0 Å². The summed E-state index contributed by atoms with van der Waals surface area (Å²) in [6.45, 7) is 0. The van der Waals surface area contributed by atoms with Gasteiger partial charge in [0.15, 0.2) is 0 Å². The van der Waals surface area contributed by atoms with Crippen LogP contribution in [0.5, 0.6) is 11.5 Å². The molecule has 0 saturated heterocycles. The Morgan fingerprint density at radius 2 is 1.10 bits per heavy atom. The van der Waals surface area contributed by atoms with Gasteiger partial charge in [0, 0.05) is 17.4 Å². The highest BCUT2D eigenvalue weighted by molar-refractivity contribution is 5.60. The molecule has 30 heavy (non-hydrogen) atoms. The van der Waals surface area contributed by atoms with E-state index in [1.165, 1.54) is 12.8 Å². The average Bonchev–Trinajstić information content (AvgIpc) is 3.28. The number of hydrogen-bond donors (Lipinski definition) is 3. The van der Waals surface area contributed by atoms with Crippen LogP contribution in [0.25, 0.3) is 0 Å². The van der Waals surface area contributed by atoms with Crippen LogP contribution in [0.3, 0.4) is 0 Å². The van der Waals surface area contributed by atoms with Crippen LogP contribution in [0.15, 0.2) is 48.5 Å². The fourth-order valence-electron chi connectivity index (χ4n) is 3.41. The molecule has 0 amide bonds. The number of methoxy groups -OCH3 is 2. The quantitative estimate of drug-likeness (QED) is 0.494. The minimum absolute atomic E-state index is 0.398. The summed E-state index contributed by atoms with van der Waals surface area (Å²) in [6.07, 6.45) is 4.73. The summed E-state index contributed by atoms with van der Waals surface area (Å²) in [7, 11) is 3.29. The van der Waals surface area contributed by atoms with E-state index in [9.17, 15) is 0 Å². The predicted molar refractivity (Wildman–Crippen MR) is 118 cm³/mol. The molecule has 156 valence electrons. The number of rotatable bonds is 8. The second-order valence-electron chi connectivity index (χ2n) is 7.14. The van der Waals surface area contributed by atoms with Crippen LogP contribution >= 0.6 is 0 Å². The molecule has 1 aromatic heterocycles. The number of anilines is 5. The van der Waals surface area contributed by atoms with Crippen molar-refractivity contribution in [2.45, 2.75) is 31.7 Å². The van der Waals surface area contributed by atoms with Gasteiger partial charge in [0.2, 0.25) is 17.8 Å². The number of nitrogens with zero attached hydrogens (tertiary/aromatic N) is 3. The molecule has 2 aromatic carbocycles. The highest BCUT2D eigenvalue weighted by Crippen LogP contribution is 2.24. The van der Waals surface area contributed by atoms with Crippen molar-refractivity contribution in [3.05, 3.63) is 48.5 Å². The Morgan fingerprint density at radius 1 is 0.667 bits per heavy atom. The van der Waals surface area contributed by atoms with Crippen molar-refractivity contribution in [2.75, 3.05) is 30.2 Å². The van der Waals surface area contributed by atoms with Gasteiger partial charge in [-0.3, -0.25) is 0 Å². The molecule has 1 aliphatic rings. The summed E-state index contributed by atoms with van der Waals surface area (Å²) >= 11 is 0. The first-order valence-electron chi connectivity index (χ1n) is 10.1. The third kappa shape index (κ3) is 5.08. The lowest BCUT2D eigenvalue weighted by molar-refractivity contribution is 0.415. The second-order valence-corrected chi connectivity index (χ2v) is 7.14. The summed E-state index contributed by atoms with van der Waals surface area (Å²) in [6, 6.07) is 15.6. The summed E-state index contributed by atoms with van der Waals surface area (Å²) in [5, 5.41) is 9.94. The van der Waals surface area contributed by atoms with Gasteiger partial charge in [-0.1, -0.05) is 12.8 Å². The molecule has 0 aliphatic heterocycles. The van der Waals surface area contributed by atoms with E-state index < -0.39 is 0 Å². The molecule has 4 rings (SSSR count). The Balaban J connectivity index is 1.57. The van der Waals surface area contributed by atoms with Crippen molar-refractivity contribution in [1.29, 1.82) is 0 Å². The van der Waals surface area contributed by atoms with Crippen molar-refractivity contribution in [1.82, 2.24) is 15.0 Å². The first kappa shape index (κ1) is 19.8. The van der Waals surface area contributed by atoms with E-state index in [1.54, 1.807) is 14.2 Å². The monoisotopic (exact) mass is 406 g/mol. The molecule has 0 spiro atoms. The minimum Gasteiger partial charge on any atom is -0.497 e. The van der Waals surface area contributed by atoms with Gasteiger partial charge in [-0.2, -0.15) is 15.0 Å². The molecule has 3 N–H and O–H groups in total. The van der Waals surface area contributed by atoms with Gasteiger partial charge in [0.25, 0.3) is 0 Å². The highest BCUT2D eigenvalue weighted by Gasteiger charge is 2.17. The van der Waals surface area contributed by atoms with Crippen molar-refractivity contribution in [2.24, 2.45) is 0 Å². The van der Waals surface area contributed by atoms with Crippen LogP contribution in [0.2, 0.25) is 0 Å². The van der Waals surface area contributed by atoms with Crippen molar-refractivity contribution >= 4 is 29.2 Å².